The summed E-state index contributed by atoms with van der Waals surface area (Å²) < 4.78 is 25.3. The molecule has 2 heterocycles. The van der Waals surface area contributed by atoms with Gasteiger partial charge in [0, 0.05) is 0 Å². The number of hydrogen-bond donors (Lipinski definition) is 2. The number of anilines is 1. The molecule has 0 amide bonds. The van der Waals surface area contributed by atoms with Gasteiger partial charge < -0.3 is 5.11 Å². The quantitative estimate of drug-likeness (QED) is 0.743. The average Bonchev–Trinajstić information content (AvgIpc) is 2.86. The van der Waals surface area contributed by atoms with Crippen molar-refractivity contribution in [1.29, 1.82) is 0 Å². The first kappa shape index (κ1) is 12.4. The van der Waals surface area contributed by atoms with Crippen molar-refractivity contribution in [3.05, 3.63) is 11.2 Å². The van der Waals surface area contributed by atoms with Crippen LogP contribution in [0.25, 0.3) is 0 Å². The van der Waals surface area contributed by atoms with E-state index in [-0.39, 0.29) is 5.95 Å². The van der Waals surface area contributed by atoms with Gasteiger partial charge >= 0.3 is 5.97 Å². The van der Waals surface area contributed by atoms with Crippen molar-refractivity contribution in [3.63, 3.8) is 0 Å². The molecule has 2 aromatic heterocycles. The predicted molar refractivity (Wildman–Crippen MR) is 58.7 cm³/mol. The summed E-state index contributed by atoms with van der Waals surface area (Å²) >= 11 is 0.686. The summed E-state index contributed by atoms with van der Waals surface area (Å²) in [5.41, 5.74) is 0.582. The van der Waals surface area contributed by atoms with E-state index in [9.17, 15) is 13.2 Å². The van der Waals surface area contributed by atoms with Gasteiger partial charge in [0.25, 0.3) is 16.0 Å². The Bertz CT molecular complexity index is 689. The largest absolute Gasteiger partial charge is 0.476 e. The van der Waals surface area contributed by atoms with Crippen LogP contribution in [-0.2, 0) is 17.1 Å². The molecule has 0 aliphatic heterocycles. The summed E-state index contributed by atoms with van der Waals surface area (Å²) in [5.74, 6) is -1.68. The third kappa shape index (κ3) is 2.28. The Morgan fingerprint density at radius 3 is 2.83 bits per heavy atom. The van der Waals surface area contributed by atoms with Gasteiger partial charge in [-0.2, -0.15) is 4.80 Å². The van der Waals surface area contributed by atoms with E-state index in [1.165, 1.54) is 7.05 Å². The predicted octanol–water partition coefficient (Wildman–Crippen LogP) is -0.834. The second-order valence-corrected chi connectivity index (χ2v) is 5.73. The van der Waals surface area contributed by atoms with Crippen LogP contribution < -0.4 is 4.72 Å². The fourth-order valence-electron chi connectivity index (χ4n) is 1.06. The minimum Gasteiger partial charge on any atom is -0.476 e. The standard InChI is InChI=1S/C6H6N6O4S2/c1-12-9-6(8-11-12)10-18(15,16)5-3(4(13)14)7-2-17-5/h2H,1H3,(H,9,10)(H,13,14). The third-order valence-corrected chi connectivity index (χ3v) is 4.41. The van der Waals surface area contributed by atoms with Gasteiger partial charge in [-0.05, 0) is 5.21 Å². The lowest BCUT2D eigenvalue weighted by molar-refractivity contribution is 0.0687. The number of nitrogens with zero attached hydrogens (tertiary/aromatic N) is 5. The first-order valence-electron chi connectivity index (χ1n) is 4.34. The molecule has 96 valence electrons. The number of hydrogen-bond acceptors (Lipinski definition) is 8. The maximum atomic E-state index is 11.9. The van der Waals surface area contributed by atoms with Gasteiger partial charge in [-0.3, -0.25) is 0 Å². The van der Waals surface area contributed by atoms with E-state index in [0.717, 1.165) is 10.3 Å². The number of carboxylic acid groups (broad SMARTS) is 1. The van der Waals surface area contributed by atoms with Crippen molar-refractivity contribution >= 4 is 33.3 Å². The minimum absolute atomic E-state index is 0.248. The highest BCUT2D eigenvalue weighted by Crippen LogP contribution is 2.21. The molecule has 0 aliphatic carbocycles. The third-order valence-electron chi connectivity index (χ3n) is 1.72. The molecule has 0 aliphatic rings. The summed E-state index contributed by atoms with van der Waals surface area (Å²) in [5, 5.41) is 19.3. The number of sulfonamides is 1. The van der Waals surface area contributed by atoms with Crippen LogP contribution in [-0.4, -0.2) is 44.7 Å². The smallest absolute Gasteiger partial charge is 0.356 e. The minimum atomic E-state index is -4.09. The number of tetrazole rings is 1. The highest BCUT2D eigenvalue weighted by molar-refractivity contribution is 7.94. The van der Waals surface area contributed by atoms with Gasteiger partial charge in [-0.25, -0.2) is 22.9 Å². The van der Waals surface area contributed by atoms with Crippen molar-refractivity contribution in [2.45, 2.75) is 4.21 Å². The molecular weight excluding hydrogens is 284 g/mol. The van der Waals surface area contributed by atoms with Crippen molar-refractivity contribution in [2.75, 3.05) is 4.72 Å². The van der Waals surface area contributed by atoms with Crippen LogP contribution in [0.1, 0.15) is 10.5 Å². The Kier molecular flexibility index (Phi) is 2.96. The van der Waals surface area contributed by atoms with Gasteiger partial charge in [-0.15, -0.1) is 16.4 Å². The highest BCUT2D eigenvalue weighted by Gasteiger charge is 2.26. The molecule has 12 heteroatoms. The number of aryl methyl sites for hydroxylation is 1. The molecule has 2 aromatic rings. The highest BCUT2D eigenvalue weighted by atomic mass is 32.2. The number of aromatic nitrogens is 5. The first-order chi connectivity index (χ1) is 8.40. The van der Waals surface area contributed by atoms with E-state index in [2.05, 4.69) is 20.4 Å². The van der Waals surface area contributed by atoms with Gasteiger partial charge in [0.1, 0.15) is 0 Å². The first-order valence-corrected chi connectivity index (χ1v) is 6.70. The maximum Gasteiger partial charge on any atom is 0.356 e. The molecule has 0 radical (unpaired) electrons. The van der Waals surface area contributed by atoms with Gasteiger partial charge in [0.15, 0.2) is 9.90 Å². The van der Waals surface area contributed by atoms with Crippen LogP contribution in [0.15, 0.2) is 9.72 Å². The Morgan fingerprint density at radius 1 is 1.56 bits per heavy atom. The zero-order valence-electron chi connectivity index (χ0n) is 8.80. The topological polar surface area (TPSA) is 140 Å². The zero-order valence-corrected chi connectivity index (χ0v) is 10.4. The Balaban J connectivity index is 2.37. The van der Waals surface area contributed by atoms with E-state index in [1.807, 2.05) is 4.72 Å². The molecule has 0 unspecified atom stereocenters. The molecular formula is C6H6N6O4S2. The van der Waals surface area contributed by atoms with Crippen molar-refractivity contribution in [1.82, 2.24) is 25.2 Å². The molecule has 10 nitrogen and oxygen atoms in total. The molecule has 2 N–H and O–H groups in total. The van der Waals surface area contributed by atoms with Gasteiger partial charge in [0.05, 0.1) is 12.6 Å². The van der Waals surface area contributed by atoms with Crippen LogP contribution in [0.4, 0.5) is 5.95 Å². The fourth-order valence-corrected chi connectivity index (χ4v) is 3.14. The van der Waals surface area contributed by atoms with Gasteiger partial charge in [0.2, 0.25) is 0 Å². The number of aromatic carboxylic acids is 1. The molecule has 0 saturated carbocycles. The molecule has 0 spiro atoms. The number of carbonyl (C=O) groups is 1. The normalized spacial score (nSPS) is 11.4. The van der Waals surface area contributed by atoms with E-state index in [4.69, 9.17) is 5.11 Å². The lowest BCUT2D eigenvalue weighted by Crippen LogP contribution is -2.16. The van der Waals surface area contributed by atoms with Crippen molar-refractivity contribution in [3.8, 4) is 0 Å². The van der Waals surface area contributed by atoms with Gasteiger partial charge in [-0.1, -0.05) is 5.10 Å². The molecule has 0 bridgehead atoms. The number of thiazole rings is 1. The molecule has 0 fully saturated rings. The van der Waals surface area contributed by atoms with Crippen LogP contribution >= 0.6 is 11.3 Å². The molecule has 0 saturated heterocycles. The lowest BCUT2D eigenvalue weighted by Gasteiger charge is -2.01. The lowest BCUT2D eigenvalue weighted by atomic mass is 10.5. The SMILES string of the molecule is Cn1nnc(NS(=O)(=O)c2scnc2C(=O)O)n1. The van der Waals surface area contributed by atoms with E-state index in [0.29, 0.717) is 11.3 Å². The van der Waals surface area contributed by atoms with Crippen LogP contribution in [0.2, 0.25) is 0 Å². The van der Waals surface area contributed by atoms with Crippen LogP contribution in [0.5, 0.6) is 0 Å². The summed E-state index contributed by atoms with van der Waals surface area (Å²) in [6.45, 7) is 0. The van der Waals surface area contributed by atoms with Crippen LogP contribution in [0, 0.1) is 0 Å². The Labute approximate surface area is 104 Å². The second kappa shape index (κ2) is 4.30. The summed E-state index contributed by atoms with van der Waals surface area (Å²) in [4.78, 5) is 15.3. The molecule has 2 rings (SSSR count). The molecule has 0 aromatic carbocycles. The second-order valence-electron chi connectivity index (χ2n) is 3.00. The van der Waals surface area contributed by atoms with Crippen molar-refractivity contribution < 1.29 is 18.3 Å². The Hall–Kier alpha value is -2.08. The number of nitrogens with one attached hydrogen (secondary N) is 1. The number of carboxylic acids is 1. The molecule has 0 atom stereocenters. The summed E-state index contributed by atoms with van der Waals surface area (Å²) in [7, 11) is -2.63. The van der Waals surface area contributed by atoms with Crippen LogP contribution in [0.3, 0.4) is 0 Å². The molecule has 18 heavy (non-hydrogen) atoms. The zero-order chi connectivity index (χ0) is 13.3. The Morgan fingerprint density at radius 2 is 2.28 bits per heavy atom. The fraction of sp³-hybridized carbons (Fsp3) is 0.167. The van der Waals surface area contributed by atoms with E-state index < -0.39 is 25.9 Å². The number of rotatable bonds is 4. The summed E-state index contributed by atoms with van der Waals surface area (Å²) in [6.07, 6.45) is 0. The summed E-state index contributed by atoms with van der Waals surface area (Å²) in [6, 6.07) is 0. The maximum absolute atomic E-state index is 11.9. The van der Waals surface area contributed by atoms with Crippen molar-refractivity contribution in [2.24, 2.45) is 7.05 Å². The monoisotopic (exact) mass is 290 g/mol. The average molecular weight is 290 g/mol. The van der Waals surface area contributed by atoms with E-state index in [1.54, 1.807) is 0 Å². The van der Waals surface area contributed by atoms with E-state index >= 15 is 0 Å².